The molecule has 2 N–H and O–H groups in total. The van der Waals surface area contributed by atoms with Gasteiger partial charge in [0.25, 0.3) is 0 Å². The van der Waals surface area contributed by atoms with Crippen LogP contribution in [-0.2, 0) is 0 Å². The first kappa shape index (κ1) is 12.7. The van der Waals surface area contributed by atoms with E-state index in [1.165, 1.54) is 0 Å². The number of anilines is 2. The summed E-state index contributed by atoms with van der Waals surface area (Å²) in [5, 5.41) is 6.35. The molecular weight excluding hydrogens is 200 g/mol. The molecule has 16 heavy (non-hydrogen) atoms. The Morgan fingerprint density at radius 3 is 2.44 bits per heavy atom. The van der Waals surface area contributed by atoms with Crippen LogP contribution in [0.15, 0.2) is 12.4 Å². The van der Waals surface area contributed by atoms with Crippen molar-refractivity contribution >= 4 is 11.6 Å². The van der Waals surface area contributed by atoms with Crippen molar-refractivity contribution < 1.29 is 0 Å². The summed E-state index contributed by atoms with van der Waals surface area (Å²) in [6.45, 7) is 9.89. The summed E-state index contributed by atoms with van der Waals surface area (Å²) in [6.07, 6.45) is 1.57. The van der Waals surface area contributed by atoms with Crippen molar-refractivity contribution in [2.45, 2.75) is 27.7 Å². The van der Waals surface area contributed by atoms with E-state index in [4.69, 9.17) is 0 Å². The molecule has 4 nitrogen and oxygen atoms in total. The molecule has 4 heteroatoms. The molecule has 0 aliphatic rings. The third-order valence-electron chi connectivity index (χ3n) is 3.21. The highest BCUT2D eigenvalue weighted by molar-refractivity contribution is 5.45. The van der Waals surface area contributed by atoms with Crippen LogP contribution in [0.4, 0.5) is 11.6 Å². The van der Waals surface area contributed by atoms with Crippen LogP contribution in [0.3, 0.4) is 0 Å². The lowest BCUT2D eigenvalue weighted by Crippen LogP contribution is -2.28. The SMILES string of the molecule is CNc1cc(NCC(C)(C)C(C)C)ncn1. The molecule has 1 rings (SSSR count). The zero-order chi connectivity index (χ0) is 12.2. The smallest absolute Gasteiger partial charge is 0.131 e. The van der Waals surface area contributed by atoms with Crippen molar-refractivity contribution in [1.82, 2.24) is 9.97 Å². The van der Waals surface area contributed by atoms with Gasteiger partial charge in [-0.1, -0.05) is 27.7 Å². The lowest BCUT2D eigenvalue weighted by Gasteiger charge is -2.29. The van der Waals surface area contributed by atoms with Crippen LogP contribution in [0.1, 0.15) is 27.7 Å². The van der Waals surface area contributed by atoms with Gasteiger partial charge in [-0.2, -0.15) is 0 Å². The summed E-state index contributed by atoms with van der Waals surface area (Å²) in [4.78, 5) is 8.26. The predicted molar refractivity (Wildman–Crippen MR) is 68.7 cm³/mol. The third kappa shape index (κ3) is 3.36. The monoisotopic (exact) mass is 222 g/mol. The van der Waals surface area contributed by atoms with E-state index in [-0.39, 0.29) is 5.41 Å². The van der Waals surface area contributed by atoms with E-state index in [0.717, 1.165) is 18.2 Å². The number of nitrogens with one attached hydrogen (secondary N) is 2. The molecule has 0 saturated heterocycles. The van der Waals surface area contributed by atoms with Gasteiger partial charge in [0.1, 0.15) is 18.0 Å². The standard InChI is InChI=1S/C12H22N4/c1-9(2)12(3,4)7-14-11-6-10(13-5)15-8-16-11/h6,8-9H,7H2,1-5H3,(H2,13,14,15,16). The summed E-state index contributed by atoms with van der Waals surface area (Å²) in [5.74, 6) is 2.33. The molecule has 0 atom stereocenters. The van der Waals surface area contributed by atoms with Crippen LogP contribution in [0.2, 0.25) is 0 Å². The lowest BCUT2D eigenvalue weighted by molar-refractivity contribution is 0.269. The summed E-state index contributed by atoms with van der Waals surface area (Å²) in [7, 11) is 1.85. The number of hydrogen-bond acceptors (Lipinski definition) is 4. The zero-order valence-corrected chi connectivity index (χ0v) is 10.8. The third-order valence-corrected chi connectivity index (χ3v) is 3.21. The van der Waals surface area contributed by atoms with Gasteiger partial charge in [-0.25, -0.2) is 9.97 Å². The highest BCUT2D eigenvalue weighted by Crippen LogP contribution is 2.26. The predicted octanol–water partition coefficient (Wildman–Crippen LogP) is 2.61. The minimum Gasteiger partial charge on any atom is -0.373 e. The van der Waals surface area contributed by atoms with Crippen LogP contribution in [0.5, 0.6) is 0 Å². The van der Waals surface area contributed by atoms with Crippen LogP contribution in [-0.4, -0.2) is 23.6 Å². The van der Waals surface area contributed by atoms with Gasteiger partial charge in [0.15, 0.2) is 0 Å². The summed E-state index contributed by atoms with van der Waals surface area (Å²) in [6, 6.07) is 1.91. The van der Waals surface area contributed by atoms with Crippen LogP contribution in [0.25, 0.3) is 0 Å². The maximum Gasteiger partial charge on any atom is 0.131 e. The van der Waals surface area contributed by atoms with Gasteiger partial charge < -0.3 is 10.6 Å². The van der Waals surface area contributed by atoms with Crippen molar-refractivity contribution in [3.8, 4) is 0 Å². The number of nitrogens with zero attached hydrogens (tertiary/aromatic N) is 2. The van der Waals surface area contributed by atoms with Gasteiger partial charge in [-0.15, -0.1) is 0 Å². The largest absolute Gasteiger partial charge is 0.373 e. The van der Waals surface area contributed by atoms with Gasteiger partial charge in [0.2, 0.25) is 0 Å². The maximum atomic E-state index is 4.19. The second kappa shape index (κ2) is 5.14. The van der Waals surface area contributed by atoms with Crippen molar-refractivity contribution in [1.29, 1.82) is 0 Å². The van der Waals surface area contributed by atoms with Crippen LogP contribution >= 0.6 is 0 Å². The molecule has 1 heterocycles. The minimum absolute atomic E-state index is 0.255. The van der Waals surface area contributed by atoms with Crippen molar-refractivity contribution in [3.63, 3.8) is 0 Å². The van der Waals surface area contributed by atoms with Gasteiger partial charge >= 0.3 is 0 Å². The Morgan fingerprint density at radius 1 is 1.25 bits per heavy atom. The first-order valence-corrected chi connectivity index (χ1v) is 5.69. The fourth-order valence-electron chi connectivity index (χ4n) is 1.11. The van der Waals surface area contributed by atoms with E-state index >= 15 is 0 Å². The average Bonchev–Trinajstić information content (AvgIpc) is 2.26. The van der Waals surface area contributed by atoms with Gasteiger partial charge in [-0.05, 0) is 11.3 Å². The Balaban J connectivity index is 2.60. The Hall–Kier alpha value is -1.32. The number of aromatic nitrogens is 2. The van der Waals surface area contributed by atoms with E-state index in [0.29, 0.717) is 5.92 Å². The quantitative estimate of drug-likeness (QED) is 0.804. The number of rotatable bonds is 5. The molecule has 0 amide bonds. The van der Waals surface area contributed by atoms with E-state index < -0.39 is 0 Å². The second-order valence-electron chi connectivity index (χ2n) is 5.04. The molecule has 1 aromatic rings. The Labute approximate surface area is 97.9 Å². The van der Waals surface area contributed by atoms with E-state index in [9.17, 15) is 0 Å². The fraction of sp³-hybridized carbons (Fsp3) is 0.667. The van der Waals surface area contributed by atoms with Gasteiger partial charge in [0.05, 0.1) is 0 Å². The molecule has 0 aromatic carbocycles. The minimum atomic E-state index is 0.255. The topological polar surface area (TPSA) is 49.8 Å². The van der Waals surface area contributed by atoms with Gasteiger partial charge in [-0.3, -0.25) is 0 Å². The summed E-state index contributed by atoms with van der Waals surface area (Å²) < 4.78 is 0. The summed E-state index contributed by atoms with van der Waals surface area (Å²) >= 11 is 0. The molecule has 0 unspecified atom stereocenters. The highest BCUT2D eigenvalue weighted by Gasteiger charge is 2.21. The molecule has 0 spiro atoms. The molecule has 0 bridgehead atoms. The first-order valence-electron chi connectivity index (χ1n) is 5.69. The normalized spacial score (nSPS) is 11.6. The Kier molecular flexibility index (Phi) is 4.10. The van der Waals surface area contributed by atoms with E-state index in [1.54, 1.807) is 6.33 Å². The maximum absolute atomic E-state index is 4.19. The fourth-order valence-corrected chi connectivity index (χ4v) is 1.11. The first-order chi connectivity index (χ1) is 7.45. The Morgan fingerprint density at radius 2 is 1.88 bits per heavy atom. The molecule has 0 aliphatic carbocycles. The Bertz CT molecular complexity index is 334. The molecule has 1 aromatic heterocycles. The van der Waals surface area contributed by atoms with Crippen molar-refractivity contribution in [3.05, 3.63) is 12.4 Å². The van der Waals surface area contributed by atoms with Crippen LogP contribution in [0, 0.1) is 11.3 Å². The van der Waals surface area contributed by atoms with E-state index in [1.807, 2.05) is 13.1 Å². The molecule has 90 valence electrons. The zero-order valence-electron chi connectivity index (χ0n) is 10.8. The lowest BCUT2D eigenvalue weighted by atomic mass is 9.81. The molecule has 0 fully saturated rings. The van der Waals surface area contributed by atoms with Gasteiger partial charge in [0, 0.05) is 19.7 Å². The number of hydrogen-bond donors (Lipinski definition) is 2. The van der Waals surface area contributed by atoms with E-state index in [2.05, 4.69) is 48.3 Å². The molecule has 0 aliphatic heterocycles. The molecule has 0 saturated carbocycles. The van der Waals surface area contributed by atoms with Crippen molar-refractivity contribution in [2.75, 3.05) is 24.2 Å². The summed E-state index contributed by atoms with van der Waals surface area (Å²) in [5.41, 5.74) is 0.255. The molecular formula is C12H22N4. The average molecular weight is 222 g/mol. The highest BCUT2D eigenvalue weighted by atomic mass is 15.1. The van der Waals surface area contributed by atoms with Crippen molar-refractivity contribution in [2.24, 2.45) is 11.3 Å². The molecule has 0 radical (unpaired) electrons. The van der Waals surface area contributed by atoms with Crippen LogP contribution < -0.4 is 10.6 Å². The second-order valence-corrected chi connectivity index (χ2v) is 5.04.